The van der Waals surface area contributed by atoms with E-state index in [1.807, 2.05) is 0 Å². The van der Waals surface area contributed by atoms with Crippen LogP contribution in [0.4, 0.5) is 0 Å². The zero-order valence-corrected chi connectivity index (χ0v) is 14.2. The first-order valence-electron chi connectivity index (χ1n) is 7.39. The Morgan fingerprint density at radius 1 is 0.955 bits per heavy atom. The summed E-state index contributed by atoms with van der Waals surface area (Å²) in [6.07, 6.45) is 2.34. The topological polar surface area (TPSA) is 12.9 Å². The molecule has 1 nitrogen and oxygen atoms in total. The molecule has 3 heteroatoms. The summed E-state index contributed by atoms with van der Waals surface area (Å²) in [7, 11) is 0. The minimum atomic E-state index is 1.08. The lowest BCUT2D eigenvalue weighted by Gasteiger charge is -2.06. The number of rotatable bonds is 1. The van der Waals surface area contributed by atoms with E-state index in [0.717, 1.165) is 15.0 Å². The SMILES string of the molecule is Brc1ccc2nc(-c3ccc4c5c(cccc35)CC4)sc2c1. The third-order valence-corrected chi connectivity index (χ3v) is 6.00. The van der Waals surface area contributed by atoms with Crippen molar-refractivity contribution in [2.45, 2.75) is 12.8 Å². The molecular formula is C19H12BrNS. The van der Waals surface area contributed by atoms with E-state index < -0.39 is 0 Å². The monoisotopic (exact) mass is 365 g/mol. The first-order chi connectivity index (χ1) is 10.8. The van der Waals surface area contributed by atoms with Crippen LogP contribution in [0, 0.1) is 0 Å². The van der Waals surface area contributed by atoms with E-state index in [0.29, 0.717) is 0 Å². The van der Waals surface area contributed by atoms with Crippen molar-refractivity contribution in [2.75, 3.05) is 0 Å². The molecule has 1 aliphatic carbocycles. The minimum Gasteiger partial charge on any atom is -0.236 e. The molecule has 0 saturated heterocycles. The Hall–Kier alpha value is -1.71. The Morgan fingerprint density at radius 2 is 1.82 bits per heavy atom. The molecule has 1 aromatic heterocycles. The van der Waals surface area contributed by atoms with Crippen LogP contribution in [0.15, 0.2) is 53.0 Å². The van der Waals surface area contributed by atoms with Crippen LogP contribution in [0.3, 0.4) is 0 Å². The molecule has 3 aromatic carbocycles. The lowest BCUT2D eigenvalue weighted by atomic mass is 10.0. The number of aromatic nitrogens is 1. The van der Waals surface area contributed by atoms with Crippen LogP contribution in [-0.2, 0) is 12.8 Å². The van der Waals surface area contributed by atoms with Gasteiger partial charge in [0.2, 0.25) is 0 Å². The van der Waals surface area contributed by atoms with E-state index in [1.165, 1.54) is 45.0 Å². The third kappa shape index (κ3) is 1.79. The van der Waals surface area contributed by atoms with Crippen LogP contribution in [-0.4, -0.2) is 4.98 Å². The summed E-state index contributed by atoms with van der Waals surface area (Å²) in [6, 6.07) is 17.5. The summed E-state index contributed by atoms with van der Waals surface area (Å²) in [6.45, 7) is 0. The van der Waals surface area contributed by atoms with Crippen molar-refractivity contribution in [2.24, 2.45) is 0 Å². The number of hydrogen-bond donors (Lipinski definition) is 0. The maximum absolute atomic E-state index is 4.85. The molecule has 0 bridgehead atoms. The molecule has 5 rings (SSSR count). The molecule has 0 atom stereocenters. The van der Waals surface area contributed by atoms with Crippen LogP contribution in [0.5, 0.6) is 0 Å². The summed E-state index contributed by atoms with van der Waals surface area (Å²) in [4.78, 5) is 4.85. The highest BCUT2D eigenvalue weighted by molar-refractivity contribution is 9.10. The van der Waals surface area contributed by atoms with Gasteiger partial charge in [-0.05, 0) is 52.9 Å². The highest BCUT2D eigenvalue weighted by Gasteiger charge is 2.17. The molecule has 22 heavy (non-hydrogen) atoms. The maximum Gasteiger partial charge on any atom is 0.125 e. The predicted molar refractivity (Wildman–Crippen MR) is 97.7 cm³/mol. The van der Waals surface area contributed by atoms with Gasteiger partial charge < -0.3 is 0 Å². The van der Waals surface area contributed by atoms with E-state index in [4.69, 9.17) is 4.98 Å². The number of benzene rings is 3. The minimum absolute atomic E-state index is 1.08. The van der Waals surface area contributed by atoms with Crippen LogP contribution >= 0.6 is 27.3 Å². The van der Waals surface area contributed by atoms with Crippen LogP contribution in [0.25, 0.3) is 31.6 Å². The molecular weight excluding hydrogens is 354 g/mol. The lowest BCUT2D eigenvalue weighted by Crippen LogP contribution is -1.84. The van der Waals surface area contributed by atoms with Crippen molar-refractivity contribution in [1.82, 2.24) is 4.98 Å². The first-order valence-corrected chi connectivity index (χ1v) is 9.00. The van der Waals surface area contributed by atoms with E-state index >= 15 is 0 Å². The fraction of sp³-hybridized carbons (Fsp3) is 0.105. The molecule has 0 amide bonds. The highest BCUT2D eigenvalue weighted by atomic mass is 79.9. The molecule has 0 unspecified atom stereocenters. The number of hydrogen-bond acceptors (Lipinski definition) is 2. The predicted octanol–water partition coefficient (Wildman–Crippen LogP) is 5.98. The van der Waals surface area contributed by atoms with E-state index in [2.05, 4.69) is 64.5 Å². The van der Waals surface area contributed by atoms with Crippen molar-refractivity contribution >= 4 is 48.3 Å². The Labute approximate surface area is 140 Å². The highest BCUT2D eigenvalue weighted by Crippen LogP contribution is 2.39. The normalized spacial score (nSPS) is 13.3. The van der Waals surface area contributed by atoms with Gasteiger partial charge in [-0.2, -0.15) is 0 Å². The molecule has 4 aromatic rings. The van der Waals surface area contributed by atoms with Crippen molar-refractivity contribution in [3.05, 3.63) is 64.1 Å². The third-order valence-electron chi connectivity index (χ3n) is 4.46. The van der Waals surface area contributed by atoms with Crippen LogP contribution in [0.1, 0.15) is 11.1 Å². The standard InChI is InChI=1S/C19H12BrNS/c20-13-7-9-16-17(10-13)22-19(21-16)15-8-6-12-5-4-11-2-1-3-14(15)18(11)12/h1-3,6-10H,4-5H2. The second-order valence-electron chi connectivity index (χ2n) is 5.74. The second-order valence-corrected chi connectivity index (χ2v) is 7.69. The van der Waals surface area contributed by atoms with Gasteiger partial charge in [0.15, 0.2) is 0 Å². The molecule has 106 valence electrons. The van der Waals surface area contributed by atoms with Gasteiger partial charge in [-0.3, -0.25) is 0 Å². The summed E-state index contributed by atoms with van der Waals surface area (Å²) in [5, 5.41) is 3.93. The molecule has 0 spiro atoms. The maximum atomic E-state index is 4.85. The molecule has 0 fully saturated rings. The molecule has 0 saturated carbocycles. The fourth-order valence-electron chi connectivity index (χ4n) is 3.45. The molecule has 0 aliphatic heterocycles. The van der Waals surface area contributed by atoms with Crippen molar-refractivity contribution in [3.8, 4) is 10.6 Å². The Morgan fingerprint density at radius 3 is 2.73 bits per heavy atom. The molecule has 1 aliphatic rings. The van der Waals surface area contributed by atoms with Crippen molar-refractivity contribution in [1.29, 1.82) is 0 Å². The summed E-state index contributed by atoms with van der Waals surface area (Å²) >= 11 is 5.31. The second kappa shape index (κ2) is 4.64. The fourth-order valence-corrected chi connectivity index (χ4v) is 5.00. The number of halogens is 1. The lowest BCUT2D eigenvalue weighted by molar-refractivity contribution is 1.02. The van der Waals surface area contributed by atoms with Crippen molar-refractivity contribution in [3.63, 3.8) is 0 Å². The zero-order chi connectivity index (χ0) is 14.7. The van der Waals surface area contributed by atoms with Gasteiger partial charge in [-0.15, -0.1) is 11.3 Å². The van der Waals surface area contributed by atoms with E-state index in [1.54, 1.807) is 11.3 Å². The average Bonchev–Trinajstić information content (AvgIpc) is 3.13. The first kappa shape index (κ1) is 12.8. The molecule has 1 heterocycles. The number of fused-ring (bicyclic) bond motifs is 1. The van der Waals surface area contributed by atoms with E-state index in [-0.39, 0.29) is 0 Å². The van der Waals surface area contributed by atoms with Gasteiger partial charge in [-0.1, -0.05) is 46.3 Å². The Kier molecular flexibility index (Phi) is 2.70. The van der Waals surface area contributed by atoms with Gasteiger partial charge in [-0.25, -0.2) is 4.98 Å². The van der Waals surface area contributed by atoms with Crippen LogP contribution in [0.2, 0.25) is 0 Å². The van der Waals surface area contributed by atoms with Gasteiger partial charge >= 0.3 is 0 Å². The summed E-state index contributed by atoms with van der Waals surface area (Å²) in [5.41, 5.74) is 5.31. The number of nitrogens with zero attached hydrogens (tertiary/aromatic N) is 1. The Bertz CT molecular complexity index is 1040. The molecule has 0 radical (unpaired) electrons. The quantitative estimate of drug-likeness (QED) is 0.404. The average molecular weight is 366 g/mol. The Balaban J connectivity index is 1.82. The smallest absolute Gasteiger partial charge is 0.125 e. The van der Waals surface area contributed by atoms with Gasteiger partial charge in [0, 0.05) is 10.0 Å². The number of thiazole rings is 1. The largest absolute Gasteiger partial charge is 0.236 e. The molecule has 0 N–H and O–H groups in total. The number of aryl methyl sites for hydroxylation is 2. The zero-order valence-electron chi connectivity index (χ0n) is 11.8. The van der Waals surface area contributed by atoms with Crippen molar-refractivity contribution < 1.29 is 0 Å². The van der Waals surface area contributed by atoms with Gasteiger partial charge in [0.1, 0.15) is 5.01 Å². The van der Waals surface area contributed by atoms with Gasteiger partial charge in [0.25, 0.3) is 0 Å². The summed E-state index contributed by atoms with van der Waals surface area (Å²) in [5.74, 6) is 0. The van der Waals surface area contributed by atoms with E-state index in [9.17, 15) is 0 Å². The van der Waals surface area contributed by atoms with Crippen LogP contribution < -0.4 is 0 Å². The van der Waals surface area contributed by atoms with Gasteiger partial charge in [0.05, 0.1) is 10.2 Å². The summed E-state index contributed by atoms with van der Waals surface area (Å²) < 4.78 is 2.34.